The van der Waals surface area contributed by atoms with E-state index in [0.717, 1.165) is 21.8 Å². The molecule has 1 aromatic carbocycles. The molecule has 0 saturated heterocycles. The topological polar surface area (TPSA) is 29.9 Å². The predicted molar refractivity (Wildman–Crippen MR) is 62.6 cm³/mol. The van der Waals surface area contributed by atoms with Gasteiger partial charge in [0, 0.05) is 13.2 Å². The lowest BCUT2D eigenvalue weighted by Gasteiger charge is -2.03. The van der Waals surface area contributed by atoms with E-state index in [0.29, 0.717) is 0 Å². The van der Waals surface area contributed by atoms with Crippen LogP contribution in [0, 0.1) is 4.77 Å². The third kappa shape index (κ3) is 1.80. The monoisotopic (exact) mass is 220 g/mol. The second kappa shape index (κ2) is 3.90. The van der Waals surface area contributed by atoms with Crippen LogP contribution < -0.4 is 4.74 Å². The van der Waals surface area contributed by atoms with Crippen molar-refractivity contribution in [3.8, 4) is 17.0 Å². The molecule has 15 heavy (non-hydrogen) atoms. The van der Waals surface area contributed by atoms with Crippen LogP contribution in [0.1, 0.15) is 0 Å². The molecule has 2 rings (SSSR count). The summed E-state index contributed by atoms with van der Waals surface area (Å²) in [6.07, 6.45) is 1.91. The number of hydrogen-bond acceptors (Lipinski definition) is 2. The van der Waals surface area contributed by atoms with Gasteiger partial charge >= 0.3 is 0 Å². The molecular weight excluding hydrogens is 208 g/mol. The van der Waals surface area contributed by atoms with Crippen LogP contribution in [0.4, 0.5) is 0 Å². The summed E-state index contributed by atoms with van der Waals surface area (Å²) in [5, 5.41) is 0. The van der Waals surface area contributed by atoms with Gasteiger partial charge in [-0.1, -0.05) is 0 Å². The van der Waals surface area contributed by atoms with E-state index >= 15 is 0 Å². The minimum Gasteiger partial charge on any atom is -0.497 e. The first-order valence-corrected chi connectivity index (χ1v) is 5.02. The normalized spacial score (nSPS) is 10.3. The molecule has 0 aliphatic carbocycles. The fourth-order valence-electron chi connectivity index (χ4n) is 1.47. The molecule has 0 spiro atoms. The summed E-state index contributed by atoms with van der Waals surface area (Å²) in [7, 11) is 3.60. The van der Waals surface area contributed by atoms with Gasteiger partial charge in [0.1, 0.15) is 5.75 Å². The van der Waals surface area contributed by atoms with Crippen molar-refractivity contribution in [1.29, 1.82) is 0 Å². The highest BCUT2D eigenvalue weighted by Crippen LogP contribution is 2.21. The Labute approximate surface area is 93.3 Å². The zero-order valence-corrected chi connectivity index (χ0v) is 9.47. The van der Waals surface area contributed by atoms with Crippen molar-refractivity contribution in [3.63, 3.8) is 0 Å². The van der Waals surface area contributed by atoms with Crippen LogP contribution >= 0.6 is 12.2 Å². The first kappa shape index (κ1) is 9.98. The fourth-order valence-corrected chi connectivity index (χ4v) is 1.63. The Hall–Kier alpha value is -1.55. The van der Waals surface area contributed by atoms with E-state index in [1.165, 1.54) is 0 Å². The number of nitrogens with zero attached hydrogens (tertiary/aromatic N) is 1. The Morgan fingerprint density at radius 3 is 2.40 bits per heavy atom. The van der Waals surface area contributed by atoms with E-state index in [-0.39, 0.29) is 0 Å². The van der Waals surface area contributed by atoms with Crippen molar-refractivity contribution in [3.05, 3.63) is 35.2 Å². The van der Waals surface area contributed by atoms with Gasteiger partial charge in [0.15, 0.2) is 4.77 Å². The predicted octanol–water partition coefficient (Wildman–Crippen LogP) is 2.76. The van der Waals surface area contributed by atoms with Gasteiger partial charge in [-0.25, -0.2) is 0 Å². The maximum absolute atomic E-state index is 5.11. The molecule has 2 aromatic rings. The summed E-state index contributed by atoms with van der Waals surface area (Å²) in [6, 6.07) is 7.89. The van der Waals surface area contributed by atoms with E-state index < -0.39 is 0 Å². The zero-order valence-electron chi connectivity index (χ0n) is 8.65. The second-order valence-electron chi connectivity index (χ2n) is 3.27. The molecule has 0 radical (unpaired) electrons. The van der Waals surface area contributed by atoms with E-state index in [1.807, 2.05) is 42.1 Å². The highest BCUT2D eigenvalue weighted by Gasteiger charge is 2.02. The number of benzene rings is 1. The lowest BCUT2D eigenvalue weighted by Crippen LogP contribution is -1.91. The maximum atomic E-state index is 5.11. The van der Waals surface area contributed by atoms with Gasteiger partial charge in [-0.3, -0.25) is 0 Å². The molecule has 3 nitrogen and oxygen atoms in total. The first-order chi connectivity index (χ1) is 7.22. The molecule has 1 N–H and O–H groups in total. The summed E-state index contributed by atoms with van der Waals surface area (Å²) in [4.78, 5) is 3.01. The first-order valence-electron chi connectivity index (χ1n) is 4.61. The number of aromatic amines is 1. The van der Waals surface area contributed by atoms with E-state index in [9.17, 15) is 0 Å². The molecule has 0 aliphatic rings. The number of aromatic nitrogens is 2. The number of methoxy groups -OCH3 is 1. The van der Waals surface area contributed by atoms with E-state index in [4.69, 9.17) is 17.0 Å². The number of imidazole rings is 1. The standard InChI is InChI=1S/C11H12N2OS/c1-13-10(7-12-11(13)15)8-3-5-9(14-2)6-4-8/h3-7H,1-2H3,(H,12,15). The highest BCUT2D eigenvalue weighted by atomic mass is 32.1. The van der Waals surface area contributed by atoms with Gasteiger partial charge in [0.25, 0.3) is 0 Å². The maximum Gasteiger partial charge on any atom is 0.177 e. The second-order valence-corrected chi connectivity index (χ2v) is 3.65. The van der Waals surface area contributed by atoms with Crippen molar-refractivity contribution in [2.75, 3.05) is 7.11 Å². The largest absolute Gasteiger partial charge is 0.497 e. The van der Waals surface area contributed by atoms with Crippen molar-refractivity contribution < 1.29 is 4.74 Å². The summed E-state index contributed by atoms with van der Waals surface area (Å²) >= 11 is 5.11. The number of nitrogens with one attached hydrogen (secondary N) is 1. The number of rotatable bonds is 2. The number of ether oxygens (including phenoxy) is 1. The summed E-state index contributed by atoms with van der Waals surface area (Å²) in [6.45, 7) is 0. The average molecular weight is 220 g/mol. The van der Waals surface area contributed by atoms with Gasteiger partial charge < -0.3 is 14.3 Å². The van der Waals surface area contributed by atoms with Crippen LogP contribution in [-0.4, -0.2) is 16.7 Å². The molecule has 1 heterocycles. The summed E-state index contributed by atoms with van der Waals surface area (Å²) < 4.78 is 7.77. The third-order valence-corrected chi connectivity index (χ3v) is 2.78. The lowest BCUT2D eigenvalue weighted by atomic mass is 10.1. The van der Waals surface area contributed by atoms with E-state index in [2.05, 4.69) is 4.98 Å². The minimum absolute atomic E-state index is 0.723. The van der Waals surface area contributed by atoms with Crippen LogP contribution in [0.2, 0.25) is 0 Å². The van der Waals surface area contributed by atoms with Crippen LogP contribution in [0.3, 0.4) is 0 Å². The van der Waals surface area contributed by atoms with Gasteiger partial charge in [0.05, 0.1) is 12.8 Å². The third-order valence-electron chi connectivity index (χ3n) is 2.38. The van der Waals surface area contributed by atoms with Crippen molar-refractivity contribution in [1.82, 2.24) is 9.55 Å². The van der Waals surface area contributed by atoms with Gasteiger partial charge in [0.2, 0.25) is 0 Å². The zero-order chi connectivity index (χ0) is 10.8. The van der Waals surface area contributed by atoms with Crippen LogP contribution in [0.15, 0.2) is 30.5 Å². The Morgan fingerprint density at radius 1 is 1.27 bits per heavy atom. The molecule has 0 unspecified atom stereocenters. The van der Waals surface area contributed by atoms with Crippen LogP contribution in [0.25, 0.3) is 11.3 Å². The molecule has 0 saturated carbocycles. The average Bonchev–Trinajstić information content (AvgIpc) is 2.60. The van der Waals surface area contributed by atoms with Gasteiger partial charge in [-0.15, -0.1) is 0 Å². The summed E-state index contributed by atoms with van der Waals surface area (Å²) in [5.74, 6) is 0.857. The SMILES string of the molecule is COc1ccc(-c2c[nH]c(=S)n2C)cc1. The van der Waals surface area contributed by atoms with Crippen molar-refractivity contribution in [2.24, 2.45) is 7.05 Å². The number of H-pyrrole nitrogens is 1. The van der Waals surface area contributed by atoms with Crippen LogP contribution in [-0.2, 0) is 7.05 Å². The van der Waals surface area contributed by atoms with Crippen LogP contribution in [0.5, 0.6) is 5.75 Å². The van der Waals surface area contributed by atoms with Crippen molar-refractivity contribution in [2.45, 2.75) is 0 Å². The Morgan fingerprint density at radius 2 is 1.93 bits per heavy atom. The Bertz CT molecular complexity index is 510. The van der Waals surface area contributed by atoms with Gasteiger partial charge in [-0.05, 0) is 42.0 Å². The molecule has 0 atom stereocenters. The Balaban J connectivity index is 2.46. The number of hydrogen-bond donors (Lipinski definition) is 1. The highest BCUT2D eigenvalue weighted by molar-refractivity contribution is 7.71. The van der Waals surface area contributed by atoms with Crippen molar-refractivity contribution >= 4 is 12.2 Å². The van der Waals surface area contributed by atoms with E-state index in [1.54, 1.807) is 7.11 Å². The van der Waals surface area contributed by atoms with Gasteiger partial charge in [-0.2, -0.15) is 0 Å². The molecule has 0 amide bonds. The molecule has 0 fully saturated rings. The Kier molecular flexibility index (Phi) is 2.60. The molecule has 4 heteroatoms. The quantitative estimate of drug-likeness (QED) is 0.789. The molecular formula is C11H12N2OS. The molecule has 0 aliphatic heterocycles. The smallest absolute Gasteiger partial charge is 0.177 e. The molecule has 0 bridgehead atoms. The summed E-state index contributed by atoms with van der Waals surface area (Å²) in [5.41, 5.74) is 2.19. The minimum atomic E-state index is 0.723. The lowest BCUT2D eigenvalue weighted by molar-refractivity contribution is 0.415. The molecule has 78 valence electrons. The fraction of sp³-hybridized carbons (Fsp3) is 0.182. The molecule has 1 aromatic heterocycles.